The minimum atomic E-state index is -0.630. The molecule has 3 aromatic carbocycles. The Bertz CT molecular complexity index is 1020. The molecule has 1 fully saturated rings. The summed E-state index contributed by atoms with van der Waals surface area (Å²) in [5, 5.41) is 24.2. The molecule has 3 aromatic rings. The third-order valence-corrected chi connectivity index (χ3v) is 6.82. The molecular formula is C26H30ClNO3. The Hall–Kier alpha value is -2.11. The van der Waals surface area contributed by atoms with Crippen LogP contribution in [0.15, 0.2) is 60.7 Å². The fourth-order valence-electron chi connectivity index (χ4n) is 4.47. The zero-order valence-electron chi connectivity index (χ0n) is 17.9. The van der Waals surface area contributed by atoms with E-state index in [0.29, 0.717) is 23.6 Å². The van der Waals surface area contributed by atoms with Gasteiger partial charge in [0.25, 0.3) is 0 Å². The average molecular weight is 440 g/mol. The Labute approximate surface area is 189 Å². The van der Waals surface area contributed by atoms with Gasteiger partial charge in [-0.15, -0.1) is 0 Å². The van der Waals surface area contributed by atoms with Crippen molar-refractivity contribution in [1.82, 2.24) is 4.90 Å². The third kappa shape index (κ3) is 5.21. The molecule has 1 heterocycles. The van der Waals surface area contributed by atoms with Gasteiger partial charge in [0.15, 0.2) is 0 Å². The second-order valence-electron chi connectivity index (χ2n) is 8.60. The lowest BCUT2D eigenvalue weighted by Gasteiger charge is -2.38. The lowest BCUT2D eigenvalue weighted by atomic mass is 9.85. The van der Waals surface area contributed by atoms with E-state index in [9.17, 15) is 10.2 Å². The summed E-state index contributed by atoms with van der Waals surface area (Å²) in [6.07, 6.45) is 2.35. The highest BCUT2D eigenvalue weighted by atomic mass is 35.5. The number of hydrogen-bond donors (Lipinski definition) is 2. The smallest absolute Gasteiger partial charge is 0.138 e. The maximum absolute atomic E-state index is 11.0. The van der Waals surface area contributed by atoms with Gasteiger partial charge in [0.1, 0.15) is 5.75 Å². The van der Waals surface area contributed by atoms with Crippen molar-refractivity contribution in [2.24, 2.45) is 0 Å². The van der Waals surface area contributed by atoms with E-state index in [1.54, 1.807) is 7.11 Å². The lowest BCUT2D eigenvalue weighted by molar-refractivity contribution is -0.0229. The van der Waals surface area contributed by atoms with Crippen molar-refractivity contribution in [2.75, 3.05) is 26.7 Å². The van der Waals surface area contributed by atoms with Gasteiger partial charge in [-0.25, -0.2) is 0 Å². The van der Waals surface area contributed by atoms with Crippen LogP contribution >= 0.6 is 11.6 Å². The van der Waals surface area contributed by atoms with Crippen LogP contribution in [0, 0.1) is 0 Å². The molecule has 0 saturated carbocycles. The molecule has 0 aromatic heterocycles. The van der Waals surface area contributed by atoms with Gasteiger partial charge in [0.2, 0.25) is 0 Å². The van der Waals surface area contributed by atoms with Crippen LogP contribution in [0.5, 0.6) is 5.75 Å². The number of halogens is 1. The highest BCUT2D eigenvalue weighted by Crippen LogP contribution is 2.34. The number of ether oxygens (including phenoxy) is 1. The summed E-state index contributed by atoms with van der Waals surface area (Å²) in [4.78, 5) is 2.34. The largest absolute Gasteiger partial charge is 0.495 e. The first-order chi connectivity index (χ1) is 15.0. The van der Waals surface area contributed by atoms with Crippen LogP contribution in [0.2, 0.25) is 5.02 Å². The molecule has 4 nitrogen and oxygen atoms in total. The van der Waals surface area contributed by atoms with Gasteiger partial charge < -0.3 is 19.8 Å². The molecule has 1 aliphatic rings. The summed E-state index contributed by atoms with van der Waals surface area (Å²) in [6.45, 7) is 2.51. The van der Waals surface area contributed by atoms with Crippen molar-refractivity contribution in [3.05, 3.63) is 76.8 Å². The zero-order valence-corrected chi connectivity index (χ0v) is 18.7. The molecule has 1 unspecified atom stereocenters. The fraction of sp³-hybridized carbons (Fsp3) is 0.385. The fourth-order valence-corrected chi connectivity index (χ4v) is 4.78. The second kappa shape index (κ2) is 9.58. The summed E-state index contributed by atoms with van der Waals surface area (Å²) < 4.78 is 5.28. The SMILES string of the molecule is COc1ccc2cc(C(O)CCN3CCC(O)(Cc4ccccc4)CC3)ccc2c1Cl. The lowest BCUT2D eigenvalue weighted by Crippen LogP contribution is -2.46. The monoisotopic (exact) mass is 439 g/mol. The normalized spacial score (nSPS) is 17.5. The topological polar surface area (TPSA) is 52.9 Å². The van der Waals surface area contributed by atoms with Crippen LogP contribution in [0.4, 0.5) is 0 Å². The first kappa shape index (κ1) is 22.1. The molecule has 0 bridgehead atoms. The summed E-state index contributed by atoms with van der Waals surface area (Å²) in [5.74, 6) is 0.653. The number of hydrogen-bond acceptors (Lipinski definition) is 4. The summed E-state index contributed by atoms with van der Waals surface area (Å²) in [7, 11) is 1.61. The number of piperidine rings is 1. The van der Waals surface area contributed by atoms with Crippen molar-refractivity contribution in [3.63, 3.8) is 0 Å². The maximum Gasteiger partial charge on any atom is 0.138 e. The van der Waals surface area contributed by atoms with Crippen LogP contribution in [0.3, 0.4) is 0 Å². The van der Waals surface area contributed by atoms with Crippen molar-refractivity contribution in [1.29, 1.82) is 0 Å². The van der Waals surface area contributed by atoms with Gasteiger partial charge >= 0.3 is 0 Å². The number of likely N-dealkylation sites (tertiary alicyclic amines) is 1. The van der Waals surface area contributed by atoms with E-state index in [4.69, 9.17) is 16.3 Å². The van der Waals surface area contributed by atoms with E-state index in [1.807, 2.05) is 48.5 Å². The predicted octanol–water partition coefficient (Wildman–Crippen LogP) is 4.99. The predicted molar refractivity (Wildman–Crippen MR) is 126 cm³/mol. The Morgan fingerprint density at radius 2 is 1.81 bits per heavy atom. The molecule has 0 aliphatic carbocycles. The van der Waals surface area contributed by atoms with E-state index < -0.39 is 11.7 Å². The molecule has 0 spiro atoms. The summed E-state index contributed by atoms with van der Waals surface area (Å²) in [5.41, 5.74) is 1.45. The highest BCUT2D eigenvalue weighted by molar-refractivity contribution is 6.37. The van der Waals surface area contributed by atoms with E-state index >= 15 is 0 Å². The first-order valence-corrected chi connectivity index (χ1v) is 11.3. The standard InChI is InChI=1S/C26H30ClNO3/c1-31-24-10-8-20-17-21(7-9-22(20)25(24)27)23(29)11-14-28-15-12-26(30,13-16-28)18-19-5-3-2-4-6-19/h2-10,17,23,29-30H,11-16,18H2,1H3. The van der Waals surface area contributed by atoms with Crippen LogP contribution < -0.4 is 4.74 Å². The maximum atomic E-state index is 11.0. The molecule has 1 saturated heterocycles. The van der Waals surface area contributed by atoms with Gasteiger partial charge in [-0.3, -0.25) is 0 Å². The Morgan fingerprint density at radius 1 is 1.06 bits per heavy atom. The molecule has 1 aliphatic heterocycles. The number of methoxy groups -OCH3 is 1. The van der Waals surface area contributed by atoms with E-state index in [2.05, 4.69) is 17.0 Å². The molecule has 31 heavy (non-hydrogen) atoms. The number of fused-ring (bicyclic) bond motifs is 1. The Morgan fingerprint density at radius 3 is 2.52 bits per heavy atom. The van der Waals surface area contributed by atoms with Crippen LogP contribution in [-0.2, 0) is 6.42 Å². The van der Waals surface area contributed by atoms with E-state index in [0.717, 1.165) is 48.8 Å². The zero-order chi connectivity index (χ0) is 21.8. The first-order valence-electron chi connectivity index (χ1n) is 10.9. The Balaban J connectivity index is 1.31. The molecule has 0 amide bonds. The number of rotatable bonds is 7. The number of benzene rings is 3. The average Bonchev–Trinajstić information content (AvgIpc) is 2.79. The number of aliphatic hydroxyl groups excluding tert-OH is 1. The number of aliphatic hydroxyl groups is 2. The summed E-state index contributed by atoms with van der Waals surface area (Å²) >= 11 is 6.40. The van der Waals surface area contributed by atoms with Crippen LogP contribution in [0.1, 0.15) is 36.5 Å². The molecular weight excluding hydrogens is 410 g/mol. The third-order valence-electron chi connectivity index (χ3n) is 6.43. The highest BCUT2D eigenvalue weighted by Gasteiger charge is 2.32. The summed E-state index contributed by atoms with van der Waals surface area (Å²) in [6, 6.07) is 19.9. The van der Waals surface area contributed by atoms with E-state index in [1.165, 1.54) is 5.56 Å². The quantitative estimate of drug-likeness (QED) is 0.544. The molecule has 4 rings (SSSR count). The van der Waals surface area contributed by atoms with Gasteiger partial charge in [-0.05, 0) is 47.9 Å². The van der Waals surface area contributed by atoms with Crippen molar-refractivity contribution in [3.8, 4) is 5.75 Å². The van der Waals surface area contributed by atoms with Crippen LogP contribution in [-0.4, -0.2) is 47.5 Å². The van der Waals surface area contributed by atoms with Gasteiger partial charge in [-0.1, -0.05) is 60.1 Å². The number of nitrogens with zero attached hydrogens (tertiary/aromatic N) is 1. The van der Waals surface area contributed by atoms with E-state index in [-0.39, 0.29) is 0 Å². The van der Waals surface area contributed by atoms with Crippen molar-refractivity contribution < 1.29 is 14.9 Å². The Kier molecular flexibility index (Phi) is 6.83. The molecule has 2 N–H and O–H groups in total. The van der Waals surface area contributed by atoms with Crippen LogP contribution in [0.25, 0.3) is 10.8 Å². The minimum Gasteiger partial charge on any atom is -0.495 e. The van der Waals surface area contributed by atoms with Gasteiger partial charge in [-0.2, -0.15) is 0 Å². The molecule has 0 radical (unpaired) electrons. The molecule has 5 heteroatoms. The minimum absolute atomic E-state index is 0.532. The molecule has 164 valence electrons. The van der Waals surface area contributed by atoms with Crippen molar-refractivity contribution >= 4 is 22.4 Å². The van der Waals surface area contributed by atoms with Gasteiger partial charge in [0, 0.05) is 31.4 Å². The second-order valence-corrected chi connectivity index (χ2v) is 8.97. The molecule has 1 atom stereocenters. The van der Waals surface area contributed by atoms with Gasteiger partial charge in [0.05, 0.1) is 23.8 Å². The van der Waals surface area contributed by atoms with Crippen molar-refractivity contribution in [2.45, 2.75) is 37.4 Å².